The SMILES string of the molecule is c1ccc(-c2cc3c(cc2N2c4ccccc4B4c5ccc(-n6c7ccccc7c7ccccc76)cc5N(c5cc6c(cc5-c5ccccc5)CCCC6)c5cccc2c54)CCCC3)cc1. The summed E-state index contributed by atoms with van der Waals surface area (Å²) >= 11 is 0. The first-order valence-corrected chi connectivity index (χ1v) is 24.1. The molecular formula is C62H48BN3. The van der Waals surface area contributed by atoms with Crippen LogP contribution in [-0.4, -0.2) is 11.3 Å². The highest BCUT2D eigenvalue weighted by molar-refractivity contribution is 7.00. The normalized spacial score (nSPS) is 14.7. The zero-order valence-electron chi connectivity index (χ0n) is 37.1. The summed E-state index contributed by atoms with van der Waals surface area (Å²) in [5, 5.41) is 2.55. The van der Waals surface area contributed by atoms with Gasteiger partial charge >= 0.3 is 0 Å². The van der Waals surface area contributed by atoms with Crippen LogP contribution in [-0.2, 0) is 25.7 Å². The van der Waals surface area contributed by atoms with Gasteiger partial charge in [-0.3, -0.25) is 0 Å². The zero-order chi connectivity index (χ0) is 43.3. The fraction of sp³-hybridized carbons (Fsp3) is 0.129. The summed E-state index contributed by atoms with van der Waals surface area (Å²) in [6.45, 7) is 0.0257. The van der Waals surface area contributed by atoms with Gasteiger partial charge in [0.1, 0.15) is 0 Å². The van der Waals surface area contributed by atoms with Crippen LogP contribution in [0.2, 0.25) is 0 Å². The Morgan fingerprint density at radius 1 is 0.333 bits per heavy atom. The summed E-state index contributed by atoms with van der Waals surface area (Å²) in [5.41, 5.74) is 26.2. The third-order valence-corrected chi connectivity index (χ3v) is 15.3. The van der Waals surface area contributed by atoms with Crippen molar-refractivity contribution in [3.63, 3.8) is 0 Å². The quantitative estimate of drug-likeness (QED) is 0.160. The van der Waals surface area contributed by atoms with Crippen LogP contribution in [0.15, 0.2) is 194 Å². The predicted octanol–water partition coefficient (Wildman–Crippen LogP) is 14.0. The van der Waals surface area contributed by atoms with Crippen molar-refractivity contribution in [3.05, 3.63) is 216 Å². The van der Waals surface area contributed by atoms with Crippen molar-refractivity contribution in [2.75, 3.05) is 9.80 Å². The second kappa shape index (κ2) is 15.0. The predicted molar refractivity (Wildman–Crippen MR) is 279 cm³/mol. The van der Waals surface area contributed by atoms with E-state index in [2.05, 4.69) is 208 Å². The molecule has 66 heavy (non-hydrogen) atoms. The molecule has 0 bridgehead atoms. The van der Waals surface area contributed by atoms with Gasteiger partial charge in [-0.05, 0) is 168 Å². The maximum Gasteiger partial charge on any atom is 0.252 e. The van der Waals surface area contributed by atoms with E-state index in [0.29, 0.717) is 0 Å². The molecule has 4 aliphatic rings. The Morgan fingerprint density at radius 3 is 1.36 bits per heavy atom. The second-order valence-corrected chi connectivity index (χ2v) is 18.9. The molecule has 2 aliphatic carbocycles. The van der Waals surface area contributed by atoms with Crippen molar-refractivity contribution < 1.29 is 0 Å². The number of hydrogen-bond acceptors (Lipinski definition) is 2. The summed E-state index contributed by atoms with van der Waals surface area (Å²) in [5.74, 6) is 0. The van der Waals surface area contributed by atoms with Gasteiger partial charge in [0.25, 0.3) is 6.71 Å². The Labute approximate surface area is 387 Å². The van der Waals surface area contributed by atoms with Crippen LogP contribution in [0.3, 0.4) is 0 Å². The number of rotatable bonds is 5. The molecule has 3 heterocycles. The van der Waals surface area contributed by atoms with Crippen LogP contribution >= 0.6 is 0 Å². The maximum atomic E-state index is 2.66. The van der Waals surface area contributed by atoms with Crippen LogP contribution in [0, 0.1) is 0 Å². The zero-order valence-corrected chi connectivity index (χ0v) is 37.1. The van der Waals surface area contributed by atoms with Crippen molar-refractivity contribution in [2.45, 2.75) is 51.4 Å². The molecule has 0 unspecified atom stereocenters. The number of nitrogens with zero attached hydrogens (tertiary/aromatic N) is 3. The molecule has 9 aromatic carbocycles. The monoisotopic (exact) mass is 845 g/mol. The molecule has 10 aromatic rings. The first kappa shape index (κ1) is 37.8. The smallest absolute Gasteiger partial charge is 0.252 e. The molecule has 4 heteroatoms. The molecule has 0 radical (unpaired) electrons. The van der Waals surface area contributed by atoms with E-state index in [9.17, 15) is 0 Å². The van der Waals surface area contributed by atoms with E-state index in [0.717, 1.165) is 25.7 Å². The van der Waals surface area contributed by atoms with E-state index in [-0.39, 0.29) is 6.71 Å². The van der Waals surface area contributed by atoms with Crippen LogP contribution in [0.4, 0.5) is 34.1 Å². The average molecular weight is 846 g/mol. The van der Waals surface area contributed by atoms with Gasteiger partial charge in [-0.1, -0.05) is 127 Å². The molecule has 314 valence electrons. The molecule has 1 aromatic heterocycles. The van der Waals surface area contributed by atoms with Gasteiger partial charge in [0, 0.05) is 50.3 Å². The van der Waals surface area contributed by atoms with Crippen molar-refractivity contribution in [1.29, 1.82) is 0 Å². The fourth-order valence-corrected chi connectivity index (χ4v) is 12.3. The molecule has 2 aliphatic heterocycles. The highest BCUT2D eigenvalue weighted by Gasteiger charge is 2.44. The number of hydrogen-bond donors (Lipinski definition) is 0. The standard InChI is InChI=1S/C62H48BN3/c1-3-18-41(19-4-1)50-36-43-22-7-9-24-45(43)38-59(50)65-56-31-16-13-28-52(56)63-53-35-34-47(64-54-29-14-11-26-48(54)49-27-12-15-30-55(49)64)40-61(53)66(58-33-17-32-57(65)62(58)63)60-39-46-25-10-8-23-44(46)37-51(60)42-20-5-2-6-21-42/h1-6,11-21,26-40H,7-10,22-25H2. The highest BCUT2D eigenvalue weighted by atomic mass is 15.2. The Hall–Kier alpha value is -7.56. The van der Waals surface area contributed by atoms with E-state index in [4.69, 9.17) is 0 Å². The number of anilines is 6. The van der Waals surface area contributed by atoms with Gasteiger partial charge in [0.05, 0.1) is 22.4 Å². The lowest BCUT2D eigenvalue weighted by atomic mass is 9.33. The van der Waals surface area contributed by atoms with Crippen LogP contribution in [0.25, 0.3) is 49.7 Å². The van der Waals surface area contributed by atoms with E-state index in [1.54, 1.807) is 0 Å². The van der Waals surface area contributed by atoms with Crippen molar-refractivity contribution in [3.8, 4) is 27.9 Å². The van der Waals surface area contributed by atoms with E-state index in [1.807, 2.05) is 0 Å². The van der Waals surface area contributed by atoms with Crippen LogP contribution in [0.5, 0.6) is 0 Å². The Kier molecular flexibility index (Phi) is 8.59. The molecule has 0 amide bonds. The van der Waals surface area contributed by atoms with E-state index in [1.165, 1.54) is 148 Å². The lowest BCUT2D eigenvalue weighted by Gasteiger charge is -2.45. The van der Waals surface area contributed by atoms with Gasteiger partial charge in [-0.2, -0.15) is 0 Å². The lowest BCUT2D eigenvalue weighted by Crippen LogP contribution is -2.61. The molecule has 0 fully saturated rings. The summed E-state index contributed by atoms with van der Waals surface area (Å²) in [4.78, 5) is 5.29. The van der Waals surface area contributed by atoms with Gasteiger partial charge in [-0.25, -0.2) is 0 Å². The number of aromatic nitrogens is 1. The fourth-order valence-electron chi connectivity index (χ4n) is 12.3. The first-order valence-electron chi connectivity index (χ1n) is 24.1. The molecular weight excluding hydrogens is 798 g/mol. The minimum atomic E-state index is 0.0257. The number of para-hydroxylation sites is 3. The molecule has 0 saturated heterocycles. The molecule has 0 atom stereocenters. The minimum Gasteiger partial charge on any atom is -0.311 e. The molecule has 0 N–H and O–H groups in total. The Balaban J connectivity index is 1.07. The number of benzene rings is 9. The average Bonchev–Trinajstić information content (AvgIpc) is 3.72. The first-order chi connectivity index (χ1) is 32.8. The van der Waals surface area contributed by atoms with Crippen LogP contribution in [0.1, 0.15) is 47.9 Å². The Bertz CT molecular complexity index is 3520. The van der Waals surface area contributed by atoms with E-state index < -0.39 is 0 Å². The van der Waals surface area contributed by atoms with Crippen LogP contribution < -0.4 is 26.2 Å². The third-order valence-electron chi connectivity index (χ3n) is 15.3. The van der Waals surface area contributed by atoms with E-state index >= 15 is 0 Å². The molecule has 0 saturated carbocycles. The maximum absolute atomic E-state index is 2.66. The minimum absolute atomic E-state index is 0.0257. The topological polar surface area (TPSA) is 11.4 Å². The largest absolute Gasteiger partial charge is 0.311 e. The van der Waals surface area contributed by atoms with Crippen molar-refractivity contribution >= 4 is 79.0 Å². The highest BCUT2D eigenvalue weighted by Crippen LogP contribution is 2.50. The third kappa shape index (κ3) is 5.70. The van der Waals surface area contributed by atoms with Gasteiger partial charge < -0.3 is 14.4 Å². The van der Waals surface area contributed by atoms with Gasteiger partial charge in [0.2, 0.25) is 0 Å². The number of aryl methyl sites for hydroxylation is 4. The lowest BCUT2D eigenvalue weighted by molar-refractivity contribution is 0.686. The summed E-state index contributed by atoms with van der Waals surface area (Å²) in [6.07, 6.45) is 9.46. The summed E-state index contributed by atoms with van der Waals surface area (Å²) < 4.78 is 2.48. The summed E-state index contributed by atoms with van der Waals surface area (Å²) in [6, 6.07) is 74.0. The summed E-state index contributed by atoms with van der Waals surface area (Å²) in [7, 11) is 0. The second-order valence-electron chi connectivity index (χ2n) is 18.9. The molecule has 14 rings (SSSR count). The number of fused-ring (bicyclic) bond motifs is 9. The molecule has 3 nitrogen and oxygen atoms in total. The van der Waals surface area contributed by atoms with Gasteiger partial charge in [-0.15, -0.1) is 0 Å². The van der Waals surface area contributed by atoms with Crippen molar-refractivity contribution in [1.82, 2.24) is 4.57 Å². The van der Waals surface area contributed by atoms with Crippen molar-refractivity contribution in [2.24, 2.45) is 0 Å². The Morgan fingerprint density at radius 2 is 0.788 bits per heavy atom. The van der Waals surface area contributed by atoms with Gasteiger partial charge in [0.15, 0.2) is 0 Å². The molecule has 0 spiro atoms.